The van der Waals surface area contributed by atoms with Crippen molar-refractivity contribution in [3.8, 4) is 0 Å². The maximum Gasteiger partial charge on any atom is 0.162 e. The number of benzene rings is 1. The fourth-order valence-corrected chi connectivity index (χ4v) is 1.49. The Kier molecular flexibility index (Phi) is 2.42. The van der Waals surface area contributed by atoms with Gasteiger partial charge in [-0.1, -0.05) is 24.8 Å². The summed E-state index contributed by atoms with van der Waals surface area (Å²) in [4.78, 5) is 11.5. The third kappa shape index (κ3) is 1.84. The normalized spacial score (nSPS) is 10.5. The third-order valence-corrected chi connectivity index (χ3v) is 2.39. The van der Waals surface area contributed by atoms with Crippen LogP contribution in [0.2, 0.25) is 0 Å². The van der Waals surface area contributed by atoms with Gasteiger partial charge in [-0.05, 0) is 18.6 Å². The van der Waals surface area contributed by atoms with Crippen molar-refractivity contribution in [3.63, 3.8) is 0 Å². The second-order valence-corrected chi connectivity index (χ2v) is 3.64. The number of Topliss-reactive ketones (excluding diaryl/α,β-unsaturated/α-hetero) is 1. The Morgan fingerprint density at radius 3 is 2.87 bits per heavy atom. The number of hydrogen-bond acceptors (Lipinski definition) is 2. The average Bonchev–Trinajstić information content (AvgIpc) is 2.62. The molecular weight excluding hydrogens is 188 g/mol. The summed E-state index contributed by atoms with van der Waals surface area (Å²) in [5.74, 6) is 0.0570. The number of allylic oxidation sites excluding steroid dienone is 1. The minimum atomic E-state index is 0.0570. The molecule has 0 spiro atoms. The minimum absolute atomic E-state index is 0.0570. The molecule has 0 N–H and O–H groups in total. The summed E-state index contributed by atoms with van der Waals surface area (Å²) >= 11 is 0. The topological polar surface area (TPSA) is 30.2 Å². The molecule has 1 heterocycles. The van der Waals surface area contributed by atoms with Crippen molar-refractivity contribution in [1.82, 2.24) is 0 Å². The number of carbonyl (C=O) groups is 1. The number of ketones is 1. The molecule has 1 aromatic heterocycles. The number of rotatable bonds is 3. The van der Waals surface area contributed by atoms with E-state index < -0.39 is 0 Å². The van der Waals surface area contributed by atoms with Gasteiger partial charge in [0.05, 0.1) is 6.26 Å². The van der Waals surface area contributed by atoms with E-state index in [1.807, 2.05) is 24.3 Å². The minimum Gasteiger partial charge on any atom is -0.464 e. The number of carbonyl (C=O) groups excluding carboxylic acids is 1. The van der Waals surface area contributed by atoms with Crippen LogP contribution in [-0.2, 0) is 11.2 Å². The Hall–Kier alpha value is -1.83. The fraction of sp³-hybridized carbons (Fsp3) is 0.154. The van der Waals surface area contributed by atoms with E-state index in [4.69, 9.17) is 4.42 Å². The van der Waals surface area contributed by atoms with Crippen LogP contribution in [0.5, 0.6) is 0 Å². The summed E-state index contributed by atoms with van der Waals surface area (Å²) in [5, 5.41) is 1.01. The summed E-state index contributed by atoms with van der Waals surface area (Å²) in [5.41, 5.74) is 2.33. The first-order valence-corrected chi connectivity index (χ1v) is 4.82. The van der Waals surface area contributed by atoms with Crippen LogP contribution in [-0.4, -0.2) is 5.78 Å². The van der Waals surface area contributed by atoms with Gasteiger partial charge >= 0.3 is 0 Å². The van der Waals surface area contributed by atoms with Crippen LogP contribution in [0.1, 0.15) is 12.5 Å². The molecule has 0 aliphatic rings. The van der Waals surface area contributed by atoms with E-state index >= 15 is 0 Å². The summed E-state index contributed by atoms with van der Waals surface area (Å²) < 4.78 is 5.35. The Bertz CT molecular complexity index is 520. The molecule has 2 nitrogen and oxygen atoms in total. The highest BCUT2D eigenvalue weighted by molar-refractivity contribution is 5.98. The van der Waals surface area contributed by atoms with E-state index in [0.29, 0.717) is 12.0 Å². The Morgan fingerprint density at radius 2 is 2.13 bits per heavy atom. The van der Waals surface area contributed by atoms with Crippen molar-refractivity contribution in [2.45, 2.75) is 13.3 Å². The molecule has 2 rings (SSSR count). The second-order valence-electron chi connectivity index (χ2n) is 3.64. The molecule has 2 aromatic rings. The SMILES string of the molecule is C=C(C)C(=O)Cc1coc2ccccc12. The Morgan fingerprint density at radius 1 is 1.40 bits per heavy atom. The van der Waals surface area contributed by atoms with E-state index in [-0.39, 0.29) is 5.78 Å². The molecule has 0 unspecified atom stereocenters. The lowest BCUT2D eigenvalue weighted by atomic mass is 10.0. The van der Waals surface area contributed by atoms with Gasteiger partial charge in [0.25, 0.3) is 0 Å². The van der Waals surface area contributed by atoms with Crippen molar-refractivity contribution >= 4 is 16.8 Å². The number of hydrogen-bond donors (Lipinski definition) is 0. The molecule has 2 heteroatoms. The van der Waals surface area contributed by atoms with Crippen molar-refractivity contribution < 1.29 is 9.21 Å². The molecule has 0 bridgehead atoms. The molecule has 0 aliphatic carbocycles. The van der Waals surface area contributed by atoms with Crippen LogP contribution in [0.25, 0.3) is 11.0 Å². The van der Waals surface area contributed by atoms with Gasteiger partial charge in [0.1, 0.15) is 5.58 Å². The molecule has 0 saturated carbocycles. The Labute approximate surface area is 88.2 Å². The van der Waals surface area contributed by atoms with Gasteiger partial charge in [-0.2, -0.15) is 0 Å². The maximum absolute atomic E-state index is 11.5. The van der Waals surface area contributed by atoms with Crippen molar-refractivity contribution in [2.24, 2.45) is 0 Å². The zero-order valence-corrected chi connectivity index (χ0v) is 8.62. The zero-order valence-electron chi connectivity index (χ0n) is 8.62. The van der Waals surface area contributed by atoms with Crippen LogP contribution in [0.15, 0.2) is 47.1 Å². The zero-order chi connectivity index (χ0) is 10.8. The van der Waals surface area contributed by atoms with Gasteiger partial charge < -0.3 is 4.42 Å². The monoisotopic (exact) mass is 200 g/mol. The third-order valence-electron chi connectivity index (χ3n) is 2.39. The van der Waals surface area contributed by atoms with E-state index in [0.717, 1.165) is 16.5 Å². The van der Waals surface area contributed by atoms with Gasteiger partial charge in [0.2, 0.25) is 0 Å². The lowest BCUT2D eigenvalue weighted by Crippen LogP contribution is -2.02. The van der Waals surface area contributed by atoms with Crippen molar-refractivity contribution in [3.05, 3.63) is 48.2 Å². The molecule has 0 fully saturated rings. The first-order valence-electron chi connectivity index (χ1n) is 4.82. The number of fused-ring (bicyclic) bond motifs is 1. The molecule has 15 heavy (non-hydrogen) atoms. The van der Waals surface area contributed by atoms with E-state index in [1.54, 1.807) is 13.2 Å². The predicted molar refractivity (Wildman–Crippen MR) is 59.7 cm³/mol. The van der Waals surface area contributed by atoms with E-state index in [9.17, 15) is 4.79 Å². The summed E-state index contributed by atoms with van der Waals surface area (Å²) in [7, 11) is 0. The van der Waals surface area contributed by atoms with E-state index in [2.05, 4.69) is 6.58 Å². The smallest absolute Gasteiger partial charge is 0.162 e. The van der Waals surface area contributed by atoms with Gasteiger partial charge in [-0.25, -0.2) is 0 Å². The summed E-state index contributed by atoms with van der Waals surface area (Å²) in [6, 6.07) is 7.70. The van der Waals surface area contributed by atoms with Crippen LogP contribution < -0.4 is 0 Å². The predicted octanol–water partition coefficient (Wildman–Crippen LogP) is 3.12. The van der Waals surface area contributed by atoms with Crippen LogP contribution in [0, 0.1) is 0 Å². The molecule has 0 atom stereocenters. The molecule has 0 saturated heterocycles. The lowest BCUT2D eigenvalue weighted by molar-refractivity contribution is -0.114. The van der Waals surface area contributed by atoms with E-state index in [1.165, 1.54) is 0 Å². The highest BCUT2D eigenvalue weighted by Crippen LogP contribution is 2.21. The summed E-state index contributed by atoms with van der Waals surface area (Å²) in [6.07, 6.45) is 2.01. The van der Waals surface area contributed by atoms with Crippen molar-refractivity contribution in [2.75, 3.05) is 0 Å². The van der Waals surface area contributed by atoms with Crippen LogP contribution in [0.3, 0.4) is 0 Å². The van der Waals surface area contributed by atoms with Gasteiger partial charge in [0, 0.05) is 17.4 Å². The maximum atomic E-state index is 11.5. The second kappa shape index (κ2) is 3.73. The van der Waals surface area contributed by atoms with Crippen molar-refractivity contribution in [1.29, 1.82) is 0 Å². The molecule has 0 aliphatic heterocycles. The molecule has 0 radical (unpaired) electrons. The molecule has 0 amide bonds. The lowest BCUT2D eigenvalue weighted by Gasteiger charge is -1.96. The summed E-state index contributed by atoms with van der Waals surface area (Å²) in [6.45, 7) is 5.36. The van der Waals surface area contributed by atoms with Gasteiger partial charge in [0.15, 0.2) is 5.78 Å². The fourth-order valence-electron chi connectivity index (χ4n) is 1.49. The highest BCUT2D eigenvalue weighted by Gasteiger charge is 2.09. The Balaban J connectivity index is 2.37. The quantitative estimate of drug-likeness (QED) is 0.712. The van der Waals surface area contributed by atoms with Gasteiger partial charge in [-0.3, -0.25) is 4.79 Å². The molecule has 1 aromatic carbocycles. The first kappa shape index (κ1) is 9.71. The number of furan rings is 1. The molecule has 76 valence electrons. The van der Waals surface area contributed by atoms with Crippen LogP contribution >= 0.6 is 0 Å². The number of para-hydroxylation sites is 1. The van der Waals surface area contributed by atoms with Crippen LogP contribution in [0.4, 0.5) is 0 Å². The van der Waals surface area contributed by atoms with Gasteiger partial charge in [-0.15, -0.1) is 0 Å². The highest BCUT2D eigenvalue weighted by atomic mass is 16.3. The molecular formula is C13H12O2. The standard InChI is InChI=1S/C13H12O2/c1-9(2)12(14)7-10-8-15-13-6-4-3-5-11(10)13/h3-6,8H,1,7H2,2H3. The first-order chi connectivity index (χ1) is 7.18. The largest absolute Gasteiger partial charge is 0.464 e. The average molecular weight is 200 g/mol.